The summed E-state index contributed by atoms with van der Waals surface area (Å²) in [4.78, 5) is 0. The molecular formula is C12H12O. The lowest BCUT2D eigenvalue weighted by atomic mass is 9.97. The third-order valence-electron chi connectivity index (χ3n) is 2.78. The molecule has 1 aliphatic carbocycles. The van der Waals surface area contributed by atoms with Crippen molar-refractivity contribution in [2.75, 3.05) is 0 Å². The lowest BCUT2D eigenvalue weighted by Gasteiger charge is -2.16. The zero-order valence-corrected chi connectivity index (χ0v) is 7.62. The van der Waals surface area contributed by atoms with Crippen molar-refractivity contribution in [3.05, 3.63) is 35.4 Å². The summed E-state index contributed by atoms with van der Waals surface area (Å²) in [6.45, 7) is 2.09. The predicted octanol–water partition coefficient (Wildman–Crippen LogP) is 2.01. The Morgan fingerprint density at radius 2 is 2.23 bits per heavy atom. The Hall–Kier alpha value is -1.26. The number of terminal acetylenes is 1. The van der Waals surface area contributed by atoms with E-state index in [1.54, 1.807) is 0 Å². The summed E-state index contributed by atoms with van der Waals surface area (Å²) < 4.78 is 0. The molecule has 0 bridgehead atoms. The van der Waals surface area contributed by atoms with Crippen LogP contribution in [0.2, 0.25) is 0 Å². The molecule has 1 aliphatic rings. The molecule has 1 nitrogen and oxygen atoms in total. The first kappa shape index (κ1) is 8.34. The van der Waals surface area contributed by atoms with Crippen LogP contribution >= 0.6 is 0 Å². The van der Waals surface area contributed by atoms with E-state index in [1.807, 2.05) is 24.3 Å². The van der Waals surface area contributed by atoms with E-state index in [-0.39, 0.29) is 0 Å². The number of benzene rings is 1. The van der Waals surface area contributed by atoms with Gasteiger partial charge in [-0.3, -0.25) is 0 Å². The lowest BCUT2D eigenvalue weighted by Crippen LogP contribution is -2.19. The van der Waals surface area contributed by atoms with Crippen LogP contribution in [0.5, 0.6) is 0 Å². The Kier molecular flexibility index (Phi) is 1.68. The van der Waals surface area contributed by atoms with Crippen molar-refractivity contribution >= 4 is 0 Å². The van der Waals surface area contributed by atoms with Gasteiger partial charge in [0.05, 0.1) is 0 Å². The van der Waals surface area contributed by atoms with Crippen LogP contribution in [-0.2, 0) is 5.60 Å². The van der Waals surface area contributed by atoms with Crippen LogP contribution in [0.4, 0.5) is 0 Å². The minimum Gasteiger partial charge on any atom is -0.373 e. The van der Waals surface area contributed by atoms with Crippen molar-refractivity contribution in [2.24, 2.45) is 0 Å². The summed E-state index contributed by atoms with van der Waals surface area (Å²) in [5, 5.41) is 10.1. The number of rotatable bonds is 0. The van der Waals surface area contributed by atoms with Gasteiger partial charge in [-0.2, -0.15) is 0 Å². The van der Waals surface area contributed by atoms with Crippen LogP contribution in [0.3, 0.4) is 0 Å². The number of fused-ring (bicyclic) bond motifs is 1. The van der Waals surface area contributed by atoms with Crippen molar-refractivity contribution in [3.63, 3.8) is 0 Å². The topological polar surface area (TPSA) is 20.2 Å². The minimum absolute atomic E-state index is 0.359. The Labute approximate surface area is 78.4 Å². The molecule has 66 valence electrons. The lowest BCUT2D eigenvalue weighted by molar-refractivity contribution is 0.0979. The molecule has 13 heavy (non-hydrogen) atoms. The minimum atomic E-state index is -1.03. The molecule has 0 spiro atoms. The average Bonchev–Trinajstić information content (AvgIpc) is 2.42. The first-order chi connectivity index (χ1) is 6.17. The summed E-state index contributed by atoms with van der Waals surface area (Å²) >= 11 is 0. The van der Waals surface area contributed by atoms with Gasteiger partial charge in [0.1, 0.15) is 0 Å². The van der Waals surface area contributed by atoms with Crippen molar-refractivity contribution in [1.82, 2.24) is 0 Å². The molecule has 2 atom stereocenters. The summed E-state index contributed by atoms with van der Waals surface area (Å²) in [5.74, 6) is 2.84. The molecule has 1 heteroatoms. The van der Waals surface area contributed by atoms with E-state index >= 15 is 0 Å². The third kappa shape index (κ3) is 1.07. The van der Waals surface area contributed by atoms with Crippen LogP contribution in [0.1, 0.15) is 30.4 Å². The van der Waals surface area contributed by atoms with Crippen molar-refractivity contribution in [3.8, 4) is 12.3 Å². The molecule has 2 unspecified atom stereocenters. The van der Waals surface area contributed by atoms with E-state index in [0.29, 0.717) is 12.3 Å². The number of hydrogen-bond donors (Lipinski definition) is 1. The Morgan fingerprint density at radius 1 is 1.54 bits per heavy atom. The SMILES string of the molecule is C#CC1(O)CC(C)c2ccccc21. The van der Waals surface area contributed by atoms with Gasteiger partial charge in [0.2, 0.25) is 0 Å². The zero-order chi connectivity index (χ0) is 9.47. The van der Waals surface area contributed by atoms with Gasteiger partial charge >= 0.3 is 0 Å². The quantitative estimate of drug-likeness (QED) is 0.593. The maximum Gasteiger partial charge on any atom is 0.151 e. The van der Waals surface area contributed by atoms with Crippen molar-refractivity contribution in [2.45, 2.75) is 24.9 Å². The van der Waals surface area contributed by atoms with Gasteiger partial charge in [0.25, 0.3) is 0 Å². The molecule has 1 aromatic carbocycles. The fraction of sp³-hybridized carbons (Fsp3) is 0.333. The highest BCUT2D eigenvalue weighted by Crippen LogP contribution is 2.43. The van der Waals surface area contributed by atoms with Crippen LogP contribution in [0.25, 0.3) is 0 Å². The Balaban J connectivity index is 2.61. The molecule has 0 amide bonds. The molecule has 0 saturated heterocycles. The molecule has 0 aliphatic heterocycles. The second-order valence-electron chi connectivity index (χ2n) is 3.70. The zero-order valence-electron chi connectivity index (χ0n) is 7.62. The van der Waals surface area contributed by atoms with Gasteiger partial charge in [0, 0.05) is 0 Å². The first-order valence-corrected chi connectivity index (χ1v) is 4.47. The molecule has 1 aromatic rings. The molecule has 0 fully saturated rings. The second kappa shape index (κ2) is 2.61. The van der Waals surface area contributed by atoms with E-state index in [4.69, 9.17) is 6.42 Å². The van der Waals surface area contributed by atoms with E-state index in [1.165, 1.54) is 5.56 Å². The molecule has 0 heterocycles. The van der Waals surface area contributed by atoms with E-state index in [0.717, 1.165) is 5.56 Å². The third-order valence-corrected chi connectivity index (χ3v) is 2.78. The van der Waals surface area contributed by atoms with Gasteiger partial charge in [-0.1, -0.05) is 37.1 Å². The first-order valence-electron chi connectivity index (χ1n) is 4.47. The molecule has 1 N–H and O–H groups in total. The Bertz CT molecular complexity index is 375. The monoisotopic (exact) mass is 172 g/mol. The molecule has 0 aromatic heterocycles. The van der Waals surface area contributed by atoms with E-state index < -0.39 is 5.60 Å². The van der Waals surface area contributed by atoms with E-state index in [9.17, 15) is 5.11 Å². The van der Waals surface area contributed by atoms with E-state index in [2.05, 4.69) is 12.8 Å². The maximum atomic E-state index is 10.1. The number of hydrogen-bond acceptors (Lipinski definition) is 1. The largest absolute Gasteiger partial charge is 0.373 e. The van der Waals surface area contributed by atoms with Crippen LogP contribution in [-0.4, -0.2) is 5.11 Å². The average molecular weight is 172 g/mol. The van der Waals surface area contributed by atoms with Gasteiger partial charge in [-0.05, 0) is 23.5 Å². The van der Waals surface area contributed by atoms with Crippen molar-refractivity contribution < 1.29 is 5.11 Å². The fourth-order valence-electron chi connectivity index (χ4n) is 2.10. The maximum absolute atomic E-state index is 10.1. The number of aliphatic hydroxyl groups is 1. The standard InChI is InChI=1S/C12H12O/c1-3-12(13)8-9(2)10-6-4-5-7-11(10)12/h1,4-7,9,13H,8H2,2H3. The van der Waals surface area contributed by atoms with Gasteiger partial charge < -0.3 is 5.11 Å². The summed E-state index contributed by atoms with van der Waals surface area (Å²) in [7, 11) is 0. The normalized spacial score (nSPS) is 31.0. The van der Waals surface area contributed by atoms with Gasteiger partial charge in [0.15, 0.2) is 5.60 Å². The highest BCUT2D eigenvalue weighted by atomic mass is 16.3. The van der Waals surface area contributed by atoms with Gasteiger partial charge in [-0.25, -0.2) is 0 Å². The fourth-order valence-corrected chi connectivity index (χ4v) is 2.10. The predicted molar refractivity (Wildman–Crippen MR) is 52.2 cm³/mol. The highest BCUT2D eigenvalue weighted by Gasteiger charge is 2.38. The van der Waals surface area contributed by atoms with Crippen LogP contribution < -0.4 is 0 Å². The summed E-state index contributed by atoms with van der Waals surface area (Å²) in [6.07, 6.45) is 5.99. The molecule has 0 radical (unpaired) electrons. The van der Waals surface area contributed by atoms with Crippen LogP contribution in [0, 0.1) is 12.3 Å². The summed E-state index contributed by atoms with van der Waals surface area (Å²) in [5.41, 5.74) is 1.06. The van der Waals surface area contributed by atoms with Crippen molar-refractivity contribution in [1.29, 1.82) is 0 Å². The molecule has 2 rings (SSSR count). The highest BCUT2D eigenvalue weighted by molar-refractivity contribution is 5.44. The van der Waals surface area contributed by atoms with Crippen LogP contribution in [0.15, 0.2) is 24.3 Å². The molecule has 0 saturated carbocycles. The Morgan fingerprint density at radius 3 is 2.92 bits per heavy atom. The van der Waals surface area contributed by atoms with Gasteiger partial charge in [-0.15, -0.1) is 6.42 Å². The second-order valence-corrected chi connectivity index (χ2v) is 3.70. The summed E-state index contributed by atoms with van der Waals surface area (Å²) in [6, 6.07) is 7.85. The molecular weight excluding hydrogens is 160 g/mol. The smallest absolute Gasteiger partial charge is 0.151 e.